The first-order valence-electron chi connectivity index (χ1n) is 8.24. The molecule has 1 aromatic heterocycles. The maximum absolute atomic E-state index is 12.4. The lowest BCUT2D eigenvalue weighted by molar-refractivity contribution is 0.0977. The molecule has 2 N–H and O–H groups in total. The Morgan fingerprint density at radius 3 is 2.72 bits per heavy atom. The molecule has 0 fully saturated rings. The van der Waals surface area contributed by atoms with Gasteiger partial charge in [-0.05, 0) is 80.6 Å². The van der Waals surface area contributed by atoms with Gasteiger partial charge in [0.25, 0.3) is 5.91 Å². The van der Waals surface area contributed by atoms with Crippen LogP contribution in [-0.2, 0) is 12.8 Å². The summed E-state index contributed by atoms with van der Waals surface area (Å²) in [4.78, 5) is 13.6. The molecule has 0 radical (unpaired) electrons. The number of benzene rings is 1. The van der Waals surface area contributed by atoms with Crippen molar-refractivity contribution in [2.75, 3.05) is 5.32 Å². The van der Waals surface area contributed by atoms with Crippen LogP contribution >= 0.6 is 23.6 Å². The molecule has 1 aliphatic carbocycles. The van der Waals surface area contributed by atoms with Gasteiger partial charge < -0.3 is 5.32 Å². The molecule has 6 heteroatoms. The number of anilines is 1. The second-order valence-corrected chi connectivity index (χ2v) is 7.75. The van der Waals surface area contributed by atoms with Crippen molar-refractivity contribution in [3.8, 4) is 6.07 Å². The minimum absolute atomic E-state index is 0.221. The van der Waals surface area contributed by atoms with E-state index < -0.39 is 0 Å². The Bertz CT molecular complexity index is 893. The largest absolute Gasteiger partial charge is 0.323 e. The fourth-order valence-electron chi connectivity index (χ4n) is 2.96. The zero-order valence-electron chi connectivity index (χ0n) is 14.2. The maximum atomic E-state index is 12.4. The number of rotatable bonds is 2. The summed E-state index contributed by atoms with van der Waals surface area (Å²) in [6.07, 6.45) is 4.23. The Balaban J connectivity index is 1.72. The van der Waals surface area contributed by atoms with Gasteiger partial charge in [-0.3, -0.25) is 10.1 Å². The zero-order valence-corrected chi connectivity index (χ0v) is 15.9. The van der Waals surface area contributed by atoms with Crippen LogP contribution in [0.1, 0.15) is 50.3 Å². The highest BCUT2D eigenvalue weighted by Gasteiger charge is 2.21. The third-order valence-electron chi connectivity index (χ3n) is 4.51. The fraction of sp³-hybridized carbons (Fsp3) is 0.316. The lowest BCUT2D eigenvalue weighted by Crippen LogP contribution is -2.34. The zero-order chi connectivity index (χ0) is 18.0. The minimum atomic E-state index is -0.250. The van der Waals surface area contributed by atoms with Crippen molar-refractivity contribution < 1.29 is 4.79 Å². The number of hydrogen-bond acceptors (Lipinski definition) is 4. The molecule has 1 aromatic carbocycles. The third-order valence-corrected chi connectivity index (χ3v) is 5.92. The summed E-state index contributed by atoms with van der Waals surface area (Å²) in [5.41, 5.74) is 4.58. The molecule has 0 aliphatic heterocycles. The predicted octanol–water partition coefficient (Wildman–Crippen LogP) is 4.24. The first-order valence-corrected chi connectivity index (χ1v) is 9.46. The molecule has 0 atom stereocenters. The number of aryl methyl sites for hydroxylation is 3. The summed E-state index contributed by atoms with van der Waals surface area (Å²) in [6.45, 7) is 3.98. The molecule has 3 rings (SSSR count). The van der Waals surface area contributed by atoms with Crippen molar-refractivity contribution in [1.29, 1.82) is 5.26 Å². The second kappa shape index (κ2) is 7.34. The predicted molar refractivity (Wildman–Crippen MR) is 105 cm³/mol. The van der Waals surface area contributed by atoms with Crippen molar-refractivity contribution >= 4 is 39.6 Å². The summed E-state index contributed by atoms with van der Waals surface area (Å²) >= 11 is 6.84. The number of nitrogens with zero attached hydrogens (tertiary/aromatic N) is 1. The molecule has 0 saturated carbocycles. The number of fused-ring (bicyclic) bond motifs is 1. The molecule has 0 unspecified atom stereocenters. The number of carbonyl (C=O) groups is 1. The second-order valence-electron chi connectivity index (χ2n) is 6.23. The summed E-state index contributed by atoms with van der Waals surface area (Å²) in [5.74, 6) is -0.250. The van der Waals surface area contributed by atoms with Gasteiger partial charge in [-0.15, -0.1) is 11.3 Å². The normalized spacial score (nSPS) is 12.8. The Labute approximate surface area is 156 Å². The van der Waals surface area contributed by atoms with Crippen LogP contribution in [0.15, 0.2) is 18.2 Å². The van der Waals surface area contributed by atoms with Crippen LogP contribution < -0.4 is 10.6 Å². The highest BCUT2D eigenvalue weighted by Crippen LogP contribution is 2.37. The number of thiophene rings is 1. The molecule has 0 bridgehead atoms. The molecule has 4 nitrogen and oxygen atoms in total. The highest BCUT2D eigenvalue weighted by atomic mass is 32.1. The number of thiocarbonyl (C=S) groups is 1. The summed E-state index contributed by atoms with van der Waals surface area (Å²) in [5, 5.41) is 16.2. The van der Waals surface area contributed by atoms with E-state index in [4.69, 9.17) is 12.2 Å². The van der Waals surface area contributed by atoms with Crippen molar-refractivity contribution in [3.05, 3.63) is 50.9 Å². The summed E-state index contributed by atoms with van der Waals surface area (Å²) in [6, 6.07) is 7.83. The van der Waals surface area contributed by atoms with Crippen LogP contribution in [0, 0.1) is 25.2 Å². The van der Waals surface area contributed by atoms with Gasteiger partial charge in [0.1, 0.15) is 11.1 Å². The lowest BCUT2D eigenvalue weighted by atomic mass is 9.96. The number of nitrogens with one attached hydrogen (secondary N) is 2. The first kappa shape index (κ1) is 17.6. The van der Waals surface area contributed by atoms with E-state index in [1.807, 2.05) is 26.0 Å². The van der Waals surface area contributed by atoms with Gasteiger partial charge in [0.2, 0.25) is 0 Å². The fourth-order valence-corrected chi connectivity index (χ4v) is 4.47. The standard InChI is InChI=1S/C19H19N3OS2/c1-11-7-8-13(9-12(11)2)17(23)21-19(24)22-18-15(10-20)14-5-3-4-6-16(14)25-18/h7-9H,3-6H2,1-2H3,(H2,21,22,23,24). The van der Waals surface area contributed by atoms with Gasteiger partial charge in [-0.2, -0.15) is 5.26 Å². The molecule has 25 heavy (non-hydrogen) atoms. The van der Waals surface area contributed by atoms with E-state index in [1.165, 1.54) is 4.88 Å². The molecule has 1 heterocycles. The SMILES string of the molecule is Cc1ccc(C(=O)NC(=S)Nc2sc3c(c2C#N)CCCC3)cc1C. The molecule has 0 saturated heterocycles. The van der Waals surface area contributed by atoms with Gasteiger partial charge in [0.15, 0.2) is 5.11 Å². The van der Waals surface area contributed by atoms with Crippen molar-refractivity contribution in [2.24, 2.45) is 0 Å². The number of hydrogen-bond donors (Lipinski definition) is 2. The molecule has 2 aromatic rings. The minimum Gasteiger partial charge on any atom is -0.323 e. The summed E-state index contributed by atoms with van der Waals surface area (Å²) in [7, 11) is 0. The number of nitriles is 1. The van der Waals surface area contributed by atoms with Crippen molar-refractivity contribution in [1.82, 2.24) is 5.32 Å². The van der Waals surface area contributed by atoms with Crippen LogP contribution in [0.3, 0.4) is 0 Å². The molecule has 1 aliphatic rings. The van der Waals surface area contributed by atoms with Crippen molar-refractivity contribution in [2.45, 2.75) is 39.5 Å². The molecule has 128 valence electrons. The summed E-state index contributed by atoms with van der Waals surface area (Å²) < 4.78 is 0. The Kier molecular flexibility index (Phi) is 5.16. The molecule has 1 amide bonds. The van der Waals surface area contributed by atoms with Crippen LogP contribution in [-0.4, -0.2) is 11.0 Å². The van der Waals surface area contributed by atoms with Crippen LogP contribution in [0.2, 0.25) is 0 Å². The smallest absolute Gasteiger partial charge is 0.257 e. The van der Waals surface area contributed by atoms with E-state index >= 15 is 0 Å². The highest BCUT2D eigenvalue weighted by molar-refractivity contribution is 7.80. The monoisotopic (exact) mass is 369 g/mol. The van der Waals surface area contributed by atoms with E-state index in [2.05, 4.69) is 16.7 Å². The molecular formula is C19H19N3OS2. The average molecular weight is 370 g/mol. The quantitative estimate of drug-likeness (QED) is 0.777. The lowest BCUT2D eigenvalue weighted by Gasteiger charge is -2.10. The topological polar surface area (TPSA) is 64.9 Å². The maximum Gasteiger partial charge on any atom is 0.257 e. The van der Waals surface area contributed by atoms with E-state index in [0.717, 1.165) is 47.4 Å². The van der Waals surface area contributed by atoms with E-state index in [9.17, 15) is 10.1 Å². The Morgan fingerprint density at radius 2 is 2.00 bits per heavy atom. The Hall–Kier alpha value is -2.23. The Morgan fingerprint density at radius 1 is 1.24 bits per heavy atom. The van der Waals surface area contributed by atoms with Crippen LogP contribution in [0.5, 0.6) is 0 Å². The van der Waals surface area contributed by atoms with Crippen LogP contribution in [0.4, 0.5) is 5.00 Å². The van der Waals surface area contributed by atoms with Crippen molar-refractivity contribution in [3.63, 3.8) is 0 Å². The van der Waals surface area contributed by atoms with E-state index in [1.54, 1.807) is 17.4 Å². The van der Waals surface area contributed by atoms with Gasteiger partial charge in [-0.1, -0.05) is 6.07 Å². The van der Waals surface area contributed by atoms with Gasteiger partial charge in [0.05, 0.1) is 5.56 Å². The van der Waals surface area contributed by atoms with E-state index in [0.29, 0.717) is 11.1 Å². The number of amides is 1. The molecule has 0 spiro atoms. The third kappa shape index (κ3) is 3.73. The van der Waals surface area contributed by atoms with Gasteiger partial charge in [0, 0.05) is 10.4 Å². The number of carbonyl (C=O) groups excluding carboxylic acids is 1. The first-order chi connectivity index (χ1) is 12.0. The van der Waals surface area contributed by atoms with Crippen LogP contribution in [0.25, 0.3) is 0 Å². The average Bonchev–Trinajstić information content (AvgIpc) is 2.93. The van der Waals surface area contributed by atoms with E-state index in [-0.39, 0.29) is 11.0 Å². The van der Waals surface area contributed by atoms with Gasteiger partial charge in [-0.25, -0.2) is 0 Å². The molecular weight excluding hydrogens is 350 g/mol. The van der Waals surface area contributed by atoms with Gasteiger partial charge >= 0.3 is 0 Å².